The van der Waals surface area contributed by atoms with E-state index in [1.807, 2.05) is 11.8 Å². The fraction of sp³-hybridized carbons (Fsp3) is 0.412. The Labute approximate surface area is 126 Å². The summed E-state index contributed by atoms with van der Waals surface area (Å²) in [6.07, 6.45) is 0.918. The Kier molecular flexibility index (Phi) is 4.78. The lowest BCUT2D eigenvalue weighted by atomic mass is 10.1. The van der Waals surface area contributed by atoms with Gasteiger partial charge in [0.05, 0.1) is 0 Å². The molecular formula is C17H23N3O. The Morgan fingerprint density at radius 2 is 1.95 bits per heavy atom. The molecule has 4 nitrogen and oxygen atoms in total. The Hall–Kier alpha value is -2.10. The molecule has 112 valence electrons. The molecule has 4 heteroatoms. The molecule has 0 fully saturated rings. The molecule has 0 aliphatic rings. The lowest BCUT2D eigenvalue weighted by Gasteiger charge is -2.28. The Balaban J connectivity index is 2.22. The molecule has 2 rings (SSSR count). The molecule has 1 amide bonds. The van der Waals surface area contributed by atoms with Crippen molar-refractivity contribution in [1.82, 2.24) is 15.1 Å². The maximum Gasteiger partial charge on any atom is 0.274 e. The highest BCUT2D eigenvalue weighted by atomic mass is 16.2. The first-order chi connectivity index (χ1) is 10.0. The highest BCUT2D eigenvalue weighted by Crippen LogP contribution is 2.15. The van der Waals surface area contributed by atoms with Crippen LogP contribution >= 0.6 is 0 Å². The first-order valence-corrected chi connectivity index (χ1v) is 7.39. The summed E-state index contributed by atoms with van der Waals surface area (Å²) in [4.78, 5) is 14.6. The van der Waals surface area contributed by atoms with Crippen molar-refractivity contribution >= 4 is 5.91 Å². The summed E-state index contributed by atoms with van der Waals surface area (Å²) in [5, 5.41) is 6.93. The van der Waals surface area contributed by atoms with Crippen molar-refractivity contribution in [3.05, 3.63) is 52.8 Å². The van der Waals surface area contributed by atoms with Crippen LogP contribution in [0.2, 0.25) is 0 Å². The quantitative estimate of drug-likeness (QED) is 0.914. The summed E-state index contributed by atoms with van der Waals surface area (Å²) < 4.78 is 0. The molecule has 1 aromatic carbocycles. The second kappa shape index (κ2) is 6.57. The lowest BCUT2D eigenvalue weighted by Crippen LogP contribution is -2.38. The zero-order valence-corrected chi connectivity index (χ0v) is 13.2. The Morgan fingerprint density at radius 3 is 2.48 bits per heavy atom. The second-order valence-electron chi connectivity index (χ2n) is 5.61. The van der Waals surface area contributed by atoms with Gasteiger partial charge in [0.2, 0.25) is 0 Å². The average Bonchev–Trinajstić information content (AvgIpc) is 2.92. The van der Waals surface area contributed by atoms with Gasteiger partial charge < -0.3 is 4.90 Å². The van der Waals surface area contributed by atoms with E-state index in [0.717, 1.165) is 17.7 Å². The average molecular weight is 285 g/mol. The van der Waals surface area contributed by atoms with Crippen molar-refractivity contribution in [3.8, 4) is 0 Å². The topological polar surface area (TPSA) is 49.0 Å². The number of hydrogen-bond donors (Lipinski definition) is 1. The number of hydrogen-bond acceptors (Lipinski definition) is 2. The van der Waals surface area contributed by atoms with Crippen LogP contribution in [0.5, 0.6) is 0 Å². The third kappa shape index (κ3) is 3.72. The van der Waals surface area contributed by atoms with E-state index < -0.39 is 0 Å². The number of aryl methyl sites for hydroxylation is 2. The smallest absolute Gasteiger partial charge is 0.274 e. The molecule has 1 N–H and O–H groups in total. The third-order valence-electron chi connectivity index (χ3n) is 3.78. The van der Waals surface area contributed by atoms with Gasteiger partial charge in [-0.1, -0.05) is 36.8 Å². The van der Waals surface area contributed by atoms with Crippen LogP contribution in [0.25, 0.3) is 0 Å². The minimum Gasteiger partial charge on any atom is -0.330 e. The van der Waals surface area contributed by atoms with Gasteiger partial charge in [0.25, 0.3) is 5.91 Å². The molecule has 21 heavy (non-hydrogen) atoms. The molecule has 0 bridgehead atoms. The molecule has 2 aromatic rings. The van der Waals surface area contributed by atoms with E-state index in [0.29, 0.717) is 12.2 Å². The van der Waals surface area contributed by atoms with E-state index in [-0.39, 0.29) is 11.9 Å². The number of aromatic nitrogens is 2. The monoisotopic (exact) mass is 285 g/mol. The van der Waals surface area contributed by atoms with Crippen LogP contribution in [-0.2, 0) is 6.54 Å². The first-order valence-electron chi connectivity index (χ1n) is 7.39. The van der Waals surface area contributed by atoms with E-state index in [1.54, 1.807) is 6.07 Å². The Morgan fingerprint density at radius 1 is 1.29 bits per heavy atom. The molecule has 1 heterocycles. The number of H-pyrrole nitrogens is 1. The van der Waals surface area contributed by atoms with E-state index >= 15 is 0 Å². The summed E-state index contributed by atoms with van der Waals surface area (Å²) in [5.74, 6) is -0.0192. The van der Waals surface area contributed by atoms with Crippen LogP contribution in [0.4, 0.5) is 0 Å². The lowest BCUT2D eigenvalue weighted by molar-refractivity contribution is 0.0665. The van der Waals surface area contributed by atoms with E-state index in [1.165, 1.54) is 5.56 Å². The number of aromatic amines is 1. The van der Waals surface area contributed by atoms with Gasteiger partial charge in [-0.15, -0.1) is 0 Å². The van der Waals surface area contributed by atoms with E-state index in [4.69, 9.17) is 0 Å². The van der Waals surface area contributed by atoms with Gasteiger partial charge in [-0.05, 0) is 38.8 Å². The van der Waals surface area contributed by atoms with Crippen LogP contribution in [-0.4, -0.2) is 27.0 Å². The zero-order valence-electron chi connectivity index (χ0n) is 13.2. The van der Waals surface area contributed by atoms with Gasteiger partial charge in [0, 0.05) is 18.3 Å². The van der Waals surface area contributed by atoms with Crippen LogP contribution in [0, 0.1) is 13.8 Å². The number of carbonyl (C=O) groups is 1. The molecule has 0 radical (unpaired) electrons. The molecule has 0 saturated heterocycles. The molecular weight excluding hydrogens is 262 g/mol. The number of benzene rings is 1. The highest BCUT2D eigenvalue weighted by Gasteiger charge is 2.22. The van der Waals surface area contributed by atoms with Crippen LogP contribution in [0.15, 0.2) is 30.3 Å². The fourth-order valence-electron chi connectivity index (χ4n) is 2.21. The number of nitrogens with one attached hydrogen (secondary N) is 1. The predicted octanol–water partition coefficient (Wildman–Crippen LogP) is 3.47. The molecule has 1 aromatic heterocycles. The van der Waals surface area contributed by atoms with Crippen LogP contribution in [0.1, 0.15) is 47.6 Å². The van der Waals surface area contributed by atoms with Crippen molar-refractivity contribution in [2.75, 3.05) is 0 Å². The summed E-state index contributed by atoms with van der Waals surface area (Å²) >= 11 is 0. The SMILES string of the molecule is CC[C@@H](C)N(Cc1ccc(C)cc1)C(=O)c1cc(C)[nH]n1. The first kappa shape index (κ1) is 15.3. The molecule has 0 unspecified atom stereocenters. The summed E-state index contributed by atoms with van der Waals surface area (Å²) in [6, 6.07) is 10.3. The number of nitrogens with zero attached hydrogens (tertiary/aromatic N) is 2. The number of carbonyl (C=O) groups excluding carboxylic acids is 1. The zero-order chi connectivity index (χ0) is 15.4. The van der Waals surface area contributed by atoms with Crippen molar-refractivity contribution in [1.29, 1.82) is 0 Å². The summed E-state index contributed by atoms with van der Waals surface area (Å²) in [6.45, 7) is 8.74. The fourth-order valence-corrected chi connectivity index (χ4v) is 2.21. The van der Waals surface area contributed by atoms with Crippen molar-refractivity contribution in [3.63, 3.8) is 0 Å². The largest absolute Gasteiger partial charge is 0.330 e. The summed E-state index contributed by atoms with van der Waals surface area (Å²) in [5.41, 5.74) is 3.75. The third-order valence-corrected chi connectivity index (χ3v) is 3.78. The van der Waals surface area contributed by atoms with Gasteiger partial charge >= 0.3 is 0 Å². The van der Waals surface area contributed by atoms with Crippen LogP contribution < -0.4 is 0 Å². The Bertz CT molecular complexity index is 601. The van der Waals surface area contributed by atoms with Crippen molar-refractivity contribution < 1.29 is 4.79 Å². The van der Waals surface area contributed by atoms with Gasteiger partial charge in [-0.2, -0.15) is 5.10 Å². The normalized spacial score (nSPS) is 12.2. The van der Waals surface area contributed by atoms with Gasteiger partial charge in [-0.25, -0.2) is 0 Å². The van der Waals surface area contributed by atoms with Gasteiger partial charge in [0.15, 0.2) is 0 Å². The number of amides is 1. The maximum atomic E-state index is 12.7. The summed E-state index contributed by atoms with van der Waals surface area (Å²) in [7, 11) is 0. The van der Waals surface area contributed by atoms with Gasteiger partial charge in [-0.3, -0.25) is 9.89 Å². The maximum absolute atomic E-state index is 12.7. The van der Waals surface area contributed by atoms with E-state index in [9.17, 15) is 4.79 Å². The molecule has 0 spiro atoms. The molecule has 0 aliphatic heterocycles. The standard InChI is InChI=1S/C17H23N3O/c1-5-14(4)20(11-15-8-6-12(2)7-9-15)17(21)16-10-13(3)18-19-16/h6-10,14H,5,11H2,1-4H3,(H,18,19)/t14-/m1/s1. The van der Waals surface area contributed by atoms with Crippen molar-refractivity contribution in [2.24, 2.45) is 0 Å². The minimum absolute atomic E-state index is 0.0192. The van der Waals surface area contributed by atoms with Crippen LogP contribution in [0.3, 0.4) is 0 Å². The second-order valence-corrected chi connectivity index (χ2v) is 5.61. The number of rotatable bonds is 5. The van der Waals surface area contributed by atoms with Crippen molar-refractivity contribution in [2.45, 2.75) is 46.7 Å². The van der Waals surface area contributed by atoms with Gasteiger partial charge in [0.1, 0.15) is 5.69 Å². The minimum atomic E-state index is -0.0192. The van der Waals surface area contributed by atoms with E-state index in [2.05, 4.69) is 55.2 Å². The molecule has 0 saturated carbocycles. The predicted molar refractivity (Wildman–Crippen MR) is 84.1 cm³/mol. The highest BCUT2D eigenvalue weighted by molar-refractivity contribution is 5.92. The molecule has 1 atom stereocenters. The molecule has 0 aliphatic carbocycles.